The van der Waals surface area contributed by atoms with E-state index in [4.69, 9.17) is 11.6 Å². The van der Waals surface area contributed by atoms with Crippen molar-refractivity contribution in [1.29, 1.82) is 0 Å². The van der Waals surface area contributed by atoms with Crippen LogP contribution in [0, 0.1) is 0 Å². The van der Waals surface area contributed by atoms with Crippen LogP contribution in [0.25, 0.3) is 0 Å². The first-order valence-electron chi connectivity index (χ1n) is 10.6. The molecule has 7 heteroatoms. The maximum atomic E-state index is 13.0. The number of rotatable bonds is 6. The predicted octanol–water partition coefficient (Wildman–Crippen LogP) is 4.37. The van der Waals surface area contributed by atoms with Crippen molar-refractivity contribution in [3.8, 4) is 0 Å². The summed E-state index contributed by atoms with van der Waals surface area (Å²) in [4.78, 5) is 13.1. The van der Waals surface area contributed by atoms with Crippen molar-refractivity contribution in [1.82, 2.24) is 9.62 Å². The molecule has 4 rings (SSSR count). The number of nitrogens with zero attached hydrogens (tertiary/aromatic N) is 1. The zero-order valence-electron chi connectivity index (χ0n) is 16.9. The number of carbonyl (C=O) groups excluding carboxylic acids is 1. The molecular weight excluding hydrogens is 420 g/mol. The fourth-order valence-electron chi connectivity index (χ4n) is 4.67. The first-order valence-corrected chi connectivity index (χ1v) is 12.4. The molecule has 1 saturated carbocycles. The third kappa shape index (κ3) is 4.13. The second-order valence-electron chi connectivity index (χ2n) is 8.29. The molecule has 0 radical (unpaired) electrons. The zero-order chi connectivity index (χ0) is 21.2. The lowest BCUT2D eigenvalue weighted by Gasteiger charge is -2.30. The van der Waals surface area contributed by atoms with E-state index < -0.39 is 10.0 Å². The average Bonchev–Trinajstić information content (AvgIpc) is 3.46. The number of sulfonamides is 1. The first-order chi connectivity index (χ1) is 14.4. The largest absolute Gasteiger partial charge is 0.351 e. The number of amides is 1. The summed E-state index contributed by atoms with van der Waals surface area (Å²) >= 11 is 6.28. The molecule has 5 nitrogen and oxygen atoms in total. The van der Waals surface area contributed by atoms with E-state index in [-0.39, 0.29) is 26.8 Å². The Morgan fingerprint density at radius 1 is 1.00 bits per heavy atom. The Hall–Kier alpha value is -1.89. The van der Waals surface area contributed by atoms with Gasteiger partial charge in [-0.15, -0.1) is 0 Å². The molecule has 1 saturated heterocycles. The number of carbonyl (C=O) groups is 1. The van der Waals surface area contributed by atoms with Gasteiger partial charge in [0.1, 0.15) is 0 Å². The molecule has 2 aromatic carbocycles. The molecule has 1 amide bonds. The highest BCUT2D eigenvalue weighted by Crippen LogP contribution is 2.40. The molecule has 0 aromatic heterocycles. The minimum absolute atomic E-state index is 0.0807. The van der Waals surface area contributed by atoms with Gasteiger partial charge in [0.25, 0.3) is 5.91 Å². The summed E-state index contributed by atoms with van der Waals surface area (Å²) in [5.74, 6) is -0.333. The van der Waals surface area contributed by atoms with Gasteiger partial charge in [-0.2, -0.15) is 4.31 Å². The third-order valence-corrected chi connectivity index (χ3v) is 8.64. The van der Waals surface area contributed by atoms with E-state index in [9.17, 15) is 13.2 Å². The number of hydrogen-bond donors (Lipinski definition) is 1. The van der Waals surface area contributed by atoms with Crippen molar-refractivity contribution in [3.05, 3.63) is 64.7 Å². The number of nitrogens with one attached hydrogen (secondary N) is 1. The summed E-state index contributed by atoms with van der Waals surface area (Å²) < 4.78 is 27.2. The van der Waals surface area contributed by atoms with Gasteiger partial charge in [-0.1, -0.05) is 54.8 Å². The molecule has 2 aromatic rings. The van der Waals surface area contributed by atoms with Crippen LogP contribution in [0.3, 0.4) is 0 Å². The molecule has 1 heterocycles. The predicted molar refractivity (Wildman–Crippen MR) is 118 cm³/mol. The van der Waals surface area contributed by atoms with E-state index in [1.54, 1.807) is 0 Å². The SMILES string of the molecule is O=C(NCC1(c2ccccc2)CCCC1)c1cc(S(=O)(=O)N2CCCC2)ccc1Cl. The van der Waals surface area contributed by atoms with Crippen molar-refractivity contribution in [3.63, 3.8) is 0 Å². The van der Waals surface area contributed by atoms with E-state index in [0.29, 0.717) is 19.6 Å². The van der Waals surface area contributed by atoms with Crippen LogP contribution in [0.15, 0.2) is 53.4 Å². The van der Waals surface area contributed by atoms with Gasteiger partial charge in [-0.25, -0.2) is 8.42 Å². The fraction of sp³-hybridized carbons (Fsp3) is 0.435. The van der Waals surface area contributed by atoms with Crippen molar-refractivity contribution in [2.45, 2.75) is 48.8 Å². The summed E-state index contributed by atoms with van der Waals surface area (Å²) in [6.07, 6.45) is 6.04. The summed E-state index contributed by atoms with van der Waals surface area (Å²) in [6.45, 7) is 1.55. The van der Waals surface area contributed by atoms with Crippen LogP contribution in [0.5, 0.6) is 0 Å². The van der Waals surface area contributed by atoms with Crippen LogP contribution >= 0.6 is 11.6 Å². The van der Waals surface area contributed by atoms with Gasteiger partial charge >= 0.3 is 0 Å². The van der Waals surface area contributed by atoms with Gasteiger partial charge in [0.05, 0.1) is 15.5 Å². The summed E-state index contributed by atoms with van der Waals surface area (Å²) in [5, 5.41) is 3.29. The summed E-state index contributed by atoms with van der Waals surface area (Å²) in [6, 6.07) is 14.7. The Morgan fingerprint density at radius 3 is 2.33 bits per heavy atom. The van der Waals surface area contributed by atoms with Gasteiger partial charge in [0.2, 0.25) is 10.0 Å². The Balaban J connectivity index is 1.55. The highest BCUT2D eigenvalue weighted by Gasteiger charge is 2.36. The van der Waals surface area contributed by atoms with Gasteiger partial charge in [-0.3, -0.25) is 4.79 Å². The first kappa shape index (κ1) is 21.3. The van der Waals surface area contributed by atoms with E-state index in [1.807, 2.05) is 18.2 Å². The molecule has 2 fully saturated rings. The minimum Gasteiger partial charge on any atom is -0.351 e. The smallest absolute Gasteiger partial charge is 0.252 e. The molecule has 0 atom stereocenters. The van der Waals surface area contributed by atoms with Crippen LogP contribution < -0.4 is 5.32 Å². The summed E-state index contributed by atoms with van der Waals surface area (Å²) in [7, 11) is -3.60. The van der Waals surface area contributed by atoms with Gasteiger partial charge in [0, 0.05) is 25.0 Å². The lowest BCUT2D eigenvalue weighted by molar-refractivity contribution is 0.0943. The fourth-order valence-corrected chi connectivity index (χ4v) is 6.42. The maximum absolute atomic E-state index is 13.0. The van der Waals surface area contributed by atoms with Crippen molar-refractivity contribution >= 4 is 27.5 Å². The molecule has 160 valence electrons. The third-order valence-electron chi connectivity index (χ3n) is 6.42. The molecular formula is C23H27ClN2O3S. The zero-order valence-corrected chi connectivity index (χ0v) is 18.5. The normalized spacial score (nSPS) is 19.1. The van der Waals surface area contributed by atoms with E-state index >= 15 is 0 Å². The van der Waals surface area contributed by atoms with Crippen molar-refractivity contribution in [2.75, 3.05) is 19.6 Å². The van der Waals surface area contributed by atoms with Crippen LogP contribution in [-0.4, -0.2) is 38.3 Å². The van der Waals surface area contributed by atoms with E-state index in [0.717, 1.165) is 38.5 Å². The van der Waals surface area contributed by atoms with E-state index in [1.165, 1.54) is 28.1 Å². The van der Waals surface area contributed by atoms with Crippen LogP contribution in [0.1, 0.15) is 54.4 Å². The van der Waals surface area contributed by atoms with Crippen LogP contribution in [0.2, 0.25) is 5.02 Å². The van der Waals surface area contributed by atoms with Crippen LogP contribution in [-0.2, 0) is 15.4 Å². The molecule has 1 aliphatic heterocycles. The van der Waals surface area contributed by atoms with Gasteiger partial charge in [0.15, 0.2) is 0 Å². The maximum Gasteiger partial charge on any atom is 0.252 e. The van der Waals surface area contributed by atoms with Crippen LogP contribution in [0.4, 0.5) is 0 Å². The Labute approximate surface area is 183 Å². The quantitative estimate of drug-likeness (QED) is 0.716. The highest BCUT2D eigenvalue weighted by molar-refractivity contribution is 7.89. The second kappa shape index (κ2) is 8.69. The van der Waals surface area contributed by atoms with Crippen molar-refractivity contribution in [2.24, 2.45) is 0 Å². The van der Waals surface area contributed by atoms with Gasteiger partial charge in [-0.05, 0) is 49.4 Å². The standard InChI is InChI=1S/C23H27ClN2O3S/c24-21-11-10-19(30(28,29)26-14-6-7-15-26)16-20(21)22(27)25-17-23(12-4-5-13-23)18-8-2-1-3-9-18/h1-3,8-11,16H,4-7,12-15,17H2,(H,25,27). The average molecular weight is 447 g/mol. The molecule has 2 aliphatic rings. The molecule has 0 unspecified atom stereocenters. The lowest BCUT2D eigenvalue weighted by atomic mass is 9.79. The minimum atomic E-state index is -3.60. The molecule has 30 heavy (non-hydrogen) atoms. The van der Waals surface area contributed by atoms with Gasteiger partial charge < -0.3 is 5.32 Å². The van der Waals surface area contributed by atoms with Crippen molar-refractivity contribution < 1.29 is 13.2 Å². The Bertz CT molecular complexity index is 1010. The summed E-state index contributed by atoms with van der Waals surface area (Å²) in [5.41, 5.74) is 1.36. The molecule has 1 aliphatic carbocycles. The Kier molecular flexibility index (Phi) is 6.19. The molecule has 0 bridgehead atoms. The lowest BCUT2D eigenvalue weighted by Crippen LogP contribution is -2.39. The second-order valence-corrected chi connectivity index (χ2v) is 10.6. The number of hydrogen-bond acceptors (Lipinski definition) is 3. The van der Waals surface area contributed by atoms with E-state index in [2.05, 4.69) is 17.4 Å². The monoisotopic (exact) mass is 446 g/mol. The topological polar surface area (TPSA) is 66.5 Å². The number of halogens is 1. The number of benzene rings is 2. The molecule has 1 N–H and O–H groups in total. The molecule has 0 spiro atoms. The Morgan fingerprint density at radius 2 is 1.67 bits per heavy atom. The highest BCUT2D eigenvalue weighted by atomic mass is 35.5.